The number of hydrogen-bond acceptors (Lipinski definition) is 2. The Hall–Kier alpha value is -0.946. The molecule has 1 saturated carbocycles. The van der Waals surface area contributed by atoms with Gasteiger partial charge in [-0.25, -0.2) is 0 Å². The van der Waals surface area contributed by atoms with Crippen LogP contribution in [0.1, 0.15) is 59.9 Å². The van der Waals surface area contributed by atoms with Crippen molar-refractivity contribution in [2.75, 3.05) is 0 Å². The zero-order chi connectivity index (χ0) is 23.7. The third-order valence-corrected chi connectivity index (χ3v) is 16.6. The maximum absolute atomic E-state index is 6.90. The van der Waals surface area contributed by atoms with Crippen molar-refractivity contribution >= 4 is 16.6 Å². The monoisotopic (exact) mass is 458 g/mol. The molecular formula is C27H46O2Si2. The normalized spacial score (nSPS) is 21.4. The second kappa shape index (κ2) is 9.50. The summed E-state index contributed by atoms with van der Waals surface area (Å²) in [5.41, 5.74) is 3.94. The minimum atomic E-state index is -1.91. The van der Waals surface area contributed by atoms with Crippen LogP contribution in [0.4, 0.5) is 0 Å². The average molecular weight is 459 g/mol. The highest BCUT2D eigenvalue weighted by molar-refractivity contribution is 6.74. The first-order valence-corrected chi connectivity index (χ1v) is 17.6. The molecule has 0 radical (unpaired) electrons. The van der Waals surface area contributed by atoms with E-state index in [9.17, 15) is 0 Å². The molecular weight excluding hydrogens is 412 g/mol. The third-order valence-electron chi connectivity index (χ3n) is 7.68. The highest BCUT2D eigenvalue weighted by atomic mass is 28.4. The van der Waals surface area contributed by atoms with Gasteiger partial charge in [-0.15, -0.1) is 0 Å². The van der Waals surface area contributed by atoms with Gasteiger partial charge in [0, 0.05) is 0 Å². The van der Waals surface area contributed by atoms with E-state index >= 15 is 0 Å². The zero-order valence-corrected chi connectivity index (χ0v) is 23.8. The van der Waals surface area contributed by atoms with Crippen molar-refractivity contribution in [2.45, 2.75) is 109 Å². The topological polar surface area (TPSA) is 18.5 Å². The van der Waals surface area contributed by atoms with E-state index in [1.165, 1.54) is 11.1 Å². The van der Waals surface area contributed by atoms with Crippen LogP contribution in [0.3, 0.4) is 0 Å². The number of benzene rings is 1. The molecule has 0 aliphatic heterocycles. The Labute approximate surface area is 194 Å². The van der Waals surface area contributed by atoms with Crippen LogP contribution in [0.5, 0.6) is 0 Å². The van der Waals surface area contributed by atoms with Gasteiger partial charge in [-0.1, -0.05) is 90.1 Å². The van der Waals surface area contributed by atoms with E-state index in [1.807, 2.05) is 0 Å². The van der Waals surface area contributed by atoms with Gasteiger partial charge in [0.05, 0.1) is 12.2 Å². The lowest BCUT2D eigenvalue weighted by atomic mass is 9.86. The largest absolute Gasteiger partial charge is 0.410 e. The Morgan fingerprint density at radius 2 is 1.26 bits per heavy atom. The van der Waals surface area contributed by atoms with Crippen LogP contribution >= 0.6 is 0 Å². The van der Waals surface area contributed by atoms with E-state index < -0.39 is 16.6 Å². The standard InChI is InChI=1S/C27H46O2Si2/c1-21-24(28-30(8,9)26(2,3)4)19-23(18-17-22-15-13-12-14-16-22)20-25(21)29-31(10,11)27(5,6)7/h12-16,18,24-25H,1,17,19-20H2,2-11H3/t24-,25-/m1/s1. The van der Waals surface area contributed by atoms with Gasteiger partial charge in [0.15, 0.2) is 16.6 Å². The van der Waals surface area contributed by atoms with Crippen LogP contribution in [0.2, 0.25) is 36.3 Å². The van der Waals surface area contributed by atoms with Crippen molar-refractivity contribution in [1.82, 2.24) is 0 Å². The Bertz CT molecular complexity index is 738. The lowest BCUT2D eigenvalue weighted by molar-refractivity contribution is 0.132. The summed E-state index contributed by atoms with van der Waals surface area (Å²) in [6, 6.07) is 10.7. The van der Waals surface area contributed by atoms with Crippen LogP contribution < -0.4 is 0 Å². The first kappa shape index (κ1) is 26.3. The van der Waals surface area contributed by atoms with Gasteiger partial charge in [-0.05, 0) is 66.7 Å². The minimum absolute atomic E-state index is 0.0476. The van der Waals surface area contributed by atoms with E-state index in [4.69, 9.17) is 8.85 Å². The summed E-state index contributed by atoms with van der Waals surface area (Å²) in [6.45, 7) is 27.7. The number of hydrogen-bond donors (Lipinski definition) is 0. The van der Waals surface area contributed by atoms with Gasteiger partial charge >= 0.3 is 0 Å². The van der Waals surface area contributed by atoms with Gasteiger partial charge in [-0.2, -0.15) is 0 Å². The third kappa shape index (κ3) is 6.77. The zero-order valence-electron chi connectivity index (χ0n) is 21.8. The molecule has 0 amide bonds. The minimum Gasteiger partial charge on any atom is -0.410 e. The second-order valence-corrected chi connectivity index (χ2v) is 21.8. The van der Waals surface area contributed by atoms with E-state index in [0.29, 0.717) is 0 Å². The van der Waals surface area contributed by atoms with Gasteiger partial charge in [-0.3, -0.25) is 0 Å². The molecule has 0 saturated heterocycles. The molecule has 174 valence electrons. The molecule has 0 unspecified atom stereocenters. The van der Waals surface area contributed by atoms with Crippen molar-refractivity contribution in [1.29, 1.82) is 0 Å². The summed E-state index contributed by atoms with van der Waals surface area (Å²) in [5.74, 6) is 0. The Morgan fingerprint density at radius 1 is 0.839 bits per heavy atom. The van der Waals surface area contributed by atoms with Crippen molar-refractivity contribution in [2.24, 2.45) is 0 Å². The first-order valence-electron chi connectivity index (χ1n) is 11.8. The molecule has 2 rings (SSSR count). The maximum Gasteiger partial charge on any atom is 0.192 e. The molecule has 1 aromatic rings. The van der Waals surface area contributed by atoms with Gasteiger partial charge in [0.25, 0.3) is 0 Å². The average Bonchev–Trinajstić information content (AvgIpc) is 2.62. The van der Waals surface area contributed by atoms with Crippen LogP contribution in [0.15, 0.2) is 54.1 Å². The molecule has 0 N–H and O–H groups in total. The van der Waals surface area contributed by atoms with Crippen LogP contribution in [0.25, 0.3) is 0 Å². The molecule has 1 aliphatic rings. The molecule has 2 nitrogen and oxygen atoms in total. The number of rotatable bonds is 6. The molecule has 0 spiro atoms. The lowest BCUT2D eigenvalue weighted by Crippen LogP contribution is -2.49. The van der Waals surface area contributed by atoms with Crippen molar-refractivity contribution < 1.29 is 8.85 Å². The molecule has 1 aliphatic carbocycles. The van der Waals surface area contributed by atoms with Gasteiger partial charge < -0.3 is 8.85 Å². The summed E-state index contributed by atoms with van der Waals surface area (Å²) >= 11 is 0. The summed E-state index contributed by atoms with van der Waals surface area (Å²) in [5, 5.41) is 0.350. The van der Waals surface area contributed by atoms with Crippen LogP contribution in [-0.2, 0) is 15.3 Å². The molecule has 0 aromatic heterocycles. The number of allylic oxidation sites excluding steroid dienone is 1. The summed E-state index contributed by atoms with van der Waals surface area (Å²) in [6.07, 6.45) is 5.34. The van der Waals surface area contributed by atoms with Crippen LogP contribution in [0, 0.1) is 0 Å². The molecule has 1 fully saturated rings. The fourth-order valence-corrected chi connectivity index (χ4v) is 5.97. The summed E-state index contributed by atoms with van der Waals surface area (Å²) in [7, 11) is -3.82. The SMILES string of the molecule is C=C1[C@H](O[Si](C)(C)C(C)(C)C)CC(=CCc2ccccc2)C[C@H]1O[Si](C)(C)C(C)(C)C. The smallest absolute Gasteiger partial charge is 0.192 e. The molecule has 1 aromatic carbocycles. The van der Waals surface area contributed by atoms with E-state index in [-0.39, 0.29) is 22.3 Å². The van der Waals surface area contributed by atoms with Gasteiger partial charge in [0.2, 0.25) is 0 Å². The van der Waals surface area contributed by atoms with Crippen molar-refractivity contribution in [3.63, 3.8) is 0 Å². The van der Waals surface area contributed by atoms with E-state index in [0.717, 1.165) is 24.8 Å². The predicted molar refractivity (Wildman–Crippen MR) is 141 cm³/mol. The highest BCUT2D eigenvalue weighted by Crippen LogP contribution is 2.44. The Morgan fingerprint density at radius 3 is 1.65 bits per heavy atom. The first-order chi connectivity index (χ1) is 14.0. The molecule has 2 atom stereocenters. The van der Waals surface area contributed by atoms with Crippen molar-refractivity contribution in [3.8, 4) is 0 Å². The summed E-state index contributed by atoms with van der Waals surface area (Å²) < 4.78 is 13.8. The van der Waals surface area contributed by atoms with E-state index in [1.54, 1.807) is 0 Å². The fourth-order valence-electron chi connectivity index (χ4n) is 3.37. The fraction of sp³-hybridized carbons (Fsp3) is 0.630. The second-order valence-electron chi connectivity index (χ2n) is 12.3. The highest BCUT2D eigenvalue weighted by Gasteiger charge is 2.44. The summed E-state index contributed by atoms with van der Waals surface area (Å²) in [4.78, 5) is 0. The van der Waals surface area contributed by atoms with E-state index in [2.05, 4.69) is 111 Å². The molecule has 31 heavy (non-hydrogen) atoms. The maximum atomic E-state index is 6.90. The lowest BCUT2D eigenvalue weighted by Gasteiger charge is -2.46. The van der Waals surface area contributed by atoms with Gasteiger partial charge in [0.1, 0.15) is 0 Å². The van der Waals surface area contributed by atoms with Crippen molar-refractivity contribution in [3.05, 3.63) is 59.7 Å². The Balaban J connectivity index is 2.31. The predicted octanol–water partition coefficient (Wildman–Crippen LogP) is 8.29. The molecule has 0 heterocycles. The quantitative estimate of drug-likeness (QED) is 0.315. The molecule has 0 bridgehead atoms. The Kier molecular flexibility index (Phi) is 8.06. The molecule has 4 heteroatoms. The van der Waals surface area contributed by atoms with Crippen LogP contribution in [-0.4, -0.2) is 28.8 Å².